The van der Waals surface area contributed by atoms with Gasteiger partial charge in [-0.05, 0) is 113 Å². The first-order valence-electron chi connectivity index (χ1n) is 20.3. The van der Waals surface area contributed by atoms with Crippen molar-refractivity contribution in [2.75, 3.05) is 0 Å². The predicted octanol–water partition coefficient (Wildman–Crippen LogP) is 14.6. The summed E-state index contributed by atoms with van der Waals surface area (Å²) in [6.07, 6.45) is 9.02. The minimum Gasteiger partial charge on any atom is -0.333 e. The van der Waals surface area contributed by atoms with Crippen molar-refractivity contribution in [1.82, 2.24) is 13.7 Å². The molecule has 0 bridgehead atoms. The van der Waals surface area contributed by atoms with Crippen molar-refractivity contribution in [3.8, 4) is 33.6 Å². The molecule has 1 aliphatic carbocycles. The zero-order chi connectivity index (χ0) is 38.3. The lowest BCUT2D eigenvalue weighted by Gasteiger charge is -2.24. The summed E-state index contributed by atoms with van der Waals surface area (Å²) in [4.78, 5) is 0. The second kappa shape index (κ2) is 12.8. The minimum absolute atomic E-state index is 0.274. The fourth-order valence-electron chi connectivity index (χ4n) is 9.78. The number of rotatable bonds is 5. The van der Waals surface area contributed by atoms with E-state index >= 15 is 0 Å². The van der Waals surface area contributed by atoms with Crippen molar-refractivity contribution in [2.45, 2.75) is 13.0 Å². The number of aromatic nitrogens is 3. The van der Waals surface area contributed by atoms with Gasteiger partial charge in [0.15, 0.2) is 0 Å². The summed E-state index contributed by atoms with van der Waals surface area (Å²) in [5, 5.41) is 7.60. The molecule has 3 heteroatoms. The third-order valence-corrected chi connectivity index (χ3v) is 12.5. The molecular weight excluding hydrogens is 703 g/mol. The molecule has 8 aromatic carbocycles. The van der Waals surface area contributed by atoms with Crippen molar-refractivity contribution in [1.29, 1.82) is 0 Å². The maximum Gasteiger partial charge on any atom is 0.0585 e. The van der Waals surface area contributed by atoms with Gasteiger partial charge in [-0.1, -0.05) is 128 Å². The maximum absolute atomic E-state index is 2.54. The van der Waals surface area contributed by atoms with E-state index in [2.05, 4.69) is 227 Å². The highest BCUT2D eigenvalue weighted by Crippen LogP contribution is 2.42. The molecule has 3 nitrogen and oxygen atoms in total. The van der Waals surface area contributed by atoms with Gasteiger partial charge in [0, 0.05) is 54.7 Å². The smallest absolute Gasteiger partial charge is 0.0585 e. The second-order valence-electron chi connectivity index (χ2n) is 15.8. The van der Waals surface area contributed by atoms with Crippen LogP contribution in [0.15, 0.2) is 206 Å². The van der Waals surface area contributed by atoms with Crippen molar-refractivity contribution in [2.24, 2.45) is 5.92 Å². The third-order valence-electron chi connectivity index (χ3n) is 12.5. The Bertz CT molecular complexity index is 3460. The normalized spacial score (nSPS) is 15.5. The molecule has 0 aliphatic heterocycles. The van der Waals surface area contributed by atoms with Gasteiger partial charge in [-0.25, -0.2) is 0 Å². The van der Waals surface area contributed by atoms with Crippen LogP contribution < -0.4 is 0 Å². The maximum atomic E-state index is 2.54. The molecule has 0 amide bonds. The van der Waals surface area contributed by atoms with Crippen LogP contribution >= 0.6 is 0 Å². The fourth-order valence-corrected chi connectivity index (χ4v) is 9.78. The molecular formula is C55H39N3. The van der Waals surface area contributed by atoms with E-state index in [4.69, 9.17) is 0 Å². The highest BCUT2D eigenvalue weighted by atomic mass is 15.0. The molecule has 12 rings (SSSR count). The number of para-hydroxylation sites is 4. The van der Waals surface area contributed by atoms with E-state index in [1.54, 1.807) is 0 Å². The lowest BCUT2D eigenvalue weighted by atomic mass is 9.96. The van der Waals surface area contributed by atoms with Crippen LogP contribution in [0.1, 0.15) is 13.0 Å². The minimum atomic E-state index is 0.274. The van der Waals surface area contributed by atoms with Gasteiger partial charge in [-0.15, -0.1) is 0 Å². The monoisotopic (exact) mass is 741 g/mol. The Morgan fingerprint density at radius 1 is 0.328 bits per heavy atom. The summed E-state index contributed by atoms with van der Waals surface area (Å²) in [5.41, 5.74) is 14.6. The lowest BCUT2D eigenvalue weighted by Crippen LogP contribution is -2.15. The standard InChI is InChI=1S/C55H39N3/c1-36-14-8-11-21-49(36)58-51-23-13-10-20-44(51)46-33-38(27-31-55(46)58)40-26-30-54-48(35-40)47-34-39(25-29-53(47)57(54)42-17-6-3-7-18-42)37-24-28-52-45(32-37)43-19-9-12-22-50(43)56(52)41-15-4-2-5-16-41/h2-36,49H,1H3. The van der Waals surface area contributed by atoms with Crippen molar-refractivity contribution in [3.63, 3.8) is 0 Å². The van der Waals surface area contributed by atoms with Crippen molar-refractivity contribution >= 4 is 65.4 Å². The Hall–Kier alpha value is -7.36. The van der Waals surface area contributed by atoms with E-state index < -0.39 is 0 Å². The number of hydrogen-bond donors (Lipinski definition) is 0. The van der Waals surface area contributed by atoms with E-state index in [0.29, 0.717) is 5.92 Å². The van der Waals surface area contributed by atoms with Gasteiger partial charge in [-0.2, -0.15) is 0 Å². The summed E-state index contributed by atoms with van der Waals surface area (Å²) < 4.78 is 7.33. The van der Waals surface area contributed by atoms with Crippen LogP contribution in [0, 0.1) is 5.92 Å². The molecule has 0 fully saturated rings. The molecule has 0 saturated carbocycles. The van der Waals surface area contributed by atoms with Gasteiger partial charge >= 0.3 is 0 Å². The summed E-state index contributed by atoms with van der Waals surface area (Å²) in [6.45, 7) is 2.31. The first-order valence-corrected chi connectivity index (χ1v) is 20.3. The predicted molar refractivity (Wildman–Crippen MR) is 245 cm³/mol. The highest BCUT2D eigenvalue weighted by molar-refractivity contribution is 6.14. The number of nitrogens with zero attached hydrogens (tertiary/aromatic N) is 3. The van der Waals surface area contributed by atoms with E-state index in [9.17, 15) is 0 Å². The third kappa shape index (κ3) is 4.93. The number of benzene rings is 8. The van der Waals surface area contributed by atoms with Gasteiger partial charge < -0.3 is 13.7 Å². The van der Waals surface area contributed by atoms with E-state index in [0.717, 1.165) is 5.69 Å². The SMILES string of the molecule is CC1C=CC=CC1n1c2ccccc2c2cc(-c3ccc4c(c3)c3cc(-c5ccc6c(c5)c5ccccc5n6-c5ccccc5)ccc3n4-c3ccccc3)ccc21. The summed E-state index contributed by atoms with van der Waals surface area (Å²) >= 11 is 0. The Balaban J connectivity index is 1.04. The van der Waals surface area contributed by atoms with Gasteiger partial charge in [0.25, 0.3) is 0 Å². The molecule has 274 valence electrons. The molecule has 0 saturated heterocycles. The Kier molecular flexibility index (Phi) is 7.27. The molecule has 3 heterocycles. The molecule has 0 radical (unpaired) electrons. The molecule has 11 aromatic rings. The van der Waals surface area contributed by atoms with E-state index in [1.807, 2.05) is 0 Å². The van der Waals surface area contributed by atoms with Crippen LogP contribution in [-0.2, 0) is 0 Å². The number of hydrogen-bond acceptors (Lipinski definition) is 0. The van der Waals surface area contributed by atoms with Crippen LogP contribution in [0.25, 0.3) is 99.0 Å². The van der Waals surface area contributed by atoms with Crippen molar-refractivity contribution in [3.05, 3.63) is 206 Å². The van der Waals surface area contributed by atoms with Crippen LogP contribution in [-0.4, -0.2) is 13.7 Å². The van der Waals surface area contributed by atoms with Gasteiger partial charge in [0.05, 0.1) is 28.1 Å². The Morgan fingerprint density at radius 3 is 1.21 bits per heavy atom. The summed E-state index contributed by atoms with van der Waals surface area (Å²) in [5.74, 6) is 0.412. The van der Waals surface area contributed by atoms with Crippen LogP contribution in [0.4, 0.5) is 0 Å². The topological polar surface area (TPSA) is 14.8 Å². The first-order chi connectivity index (χ1) is 28.7. The first kappa shape index (κ1) is 32.8. The zero-order valence-electron chi connectivity index (χ0n) is 32.1. The fraction of sp³-hybridized carbons (Fsp3) is 0.0545. The molecule has 0 N–H and O–H groups in total. The second-order valence-corrected chi connectivity index (χ2v) is 15.8. The average molecular weight is 742 g/mol. The highest BCUT2D eigenvalue weighted by Gasteiger charge is 2.22. The Morgan fingerprint density at radius 2 is 0.690 bits per heavy atom. The number of fused-ring (bicyclic) bond motifs is 9. The van der Waals surface area contributed by atoms with Crippen LogP contribution in [0.2, 0.25) is 0 Å². The van der Waals surface area contributed by atoms with E-state index in [1.165, 1.54) is 93.4 Å². The summed E-state index contributed by atoms with van der Waals surface area (Å²) in [6, 6.07) is 67.4. The van der Waals surface area contributed by atoms with Gasteiger partial charge in [0.2, 0.25) is 0 Å². The van der Waals surface area contributed by atoms with Gasteiger partial charge in [-0.3, -0.25) is 0 Å². The number of allylic oxidation sites excluding steroid dienone is 4. The largest absolute Gasteiger partial charge is 0.333 e. The molecule has 0 spiro atoms. The van der Waals surface area contributed by atoms with E-state index in [-0.39, 0.29) is 6.04 Å². The average Bonchev–Trinajstić information content (AvgIpc) is 3.92. The lowest BCUT2D eigenvalue weighted by molar-refractivity contribution is 0.510. The van der Waals surface area contributed by atoms with Gasteiger partial charge in [0.1, 0.15) is 0 Å². The molecule has 3 aromatic heterocycles. The molecule has 1 aliphatic rings. The Labute approximate surface area is 336 Å². The zero-order valence-corrected chi connectivity index (χ0v) is 32.1. The quantitative estimate of drug-likeness (QED) is 0.167. The van der Waals surface area contributed by atoms with Crippen LogP contribution in [0.5, 0.6) is 0 Å². The molecule has 2 atom stereocenters. The van der Waals surface area contributed by atoms with Crippen molar-refractivity contribution < 1.29 is 0 Å². The molecule has 2 unspecified atom stereocenters. The summed E-state index contributed by atoms with van der Waals surface area (Å²) in [7, 11) is 0. The molecule has 58 heavy (non-hydrogen) atoms. The van der Waals surface area contributed by atoms with Crippen LogP contribution in [0.3, 0.4) is 0 Å².